The minimum atomic E-state index is -0.209. The average molecular weight is 228 g/mol. The maximum Gasteiger partial charge on any atom is 0.333 e. The number of esters is 1. The average Bonchev–Trinajstić information content (AvgIpc) is 2.29. The Balaban J connectivity index is 2.21. The Labute approximate surface area is 96.5 Å². The van der Waals surface area contributed by atoms with Crippen LogP contribution in [0.15, 0.2) is 11.6 Å². The molecule has 0 amide bonds. The van der Waals surface area contributed by atoms with Crippen LogP contribution in [0.2, 0.25) is 0 Å². The molecule has 0 aromatic carbocycles. The molecule has 1 rings (SSSR count). The lowest BCUT2D eigenvalue weighted by Crippen LogP contribution is -2.08. The Kier molecular flexibility index (Phi) is 5.84. The summed E-state index contributed by atoms with van der Waals surface area (Å²) in [6, 6.07) is 0. The molecular formula is C12H20O2S. The summed E-state index contributed by atoms with van der Waals surface area (Å²) in [6.45, 7) is 1.81. The lowest BCUT2D eigenvalue weighted by atomic mass is 10.0. The van der Waals surface area contributed by atoms with Crippen molar-refractivity contribution in [2.75, 3.05) is 12.9 Å². The van der Waals surface area contributed by atoms with Crippen molar-refractivity contribution in [3.63, 3.8) is 0 Å². The van der Waals surface area contributed by atoms with Gasteiger partial charge in [0.2, 0.25) is 0 Å². The van der Waals surface area contributed by atoms with Crippen molar-refractivity contribution >= 4 is 17.7 Å². The summed E-state index contributed by atoms with van der Waals surface area (Å²) in [5, 5.41) is 0.806. The van der Waals surface area contributed by atoms with Crippen LogP contribution in [0.3, 0.4) is 0 Å². The van der Waals surface area contributed by atoms with Crippen molar-refractivity contribution in [1.29, 1.82) is 0 Å². The van der Waals surface area contributed by atoms with Gasteiger partial charge < -0.3 is 4.74 Å². The molecule has 0 aliphatic heterocycles. The summed E-state index contributed by atoms with van der Waals surface area (Å²) >= 11 is 1.97. The second-order valence-electron chi connectivity index (χ2n) is 3.97. The molecule has 0 spiro atoms. The zero-order chi connectivity index (χ0) is 11.1. The first-order valence-corrected chi connectivity index (χ1v) is 6.65. The van der Waals surface area contributed by atoms with E-state index in [1.807, 2.05) is 24.8 Å². The topological polar surface area (TPSA) is 26.3 Å². The maximum absolute atomic E-state index is 11.1. The van der Waals surface area contributed by atoms with Crippen molar-refractivity contribution in [1.82, 2.24) is 0 Å². The number of carbonyl (C=O) groups excluding carboxylic acids is 1. The van der Waals surface area contributed by atoms with E-state index >= 15 is 0 Å². The van der Waals surface area contributed by atoms with Crippen molar-refractivity contribution in [2.45, 2.75) is 44.3 Å². The van der Waals surface area contributed by atoms with Crippen LogP contribution in [-0.4, -0.2) is 24.1 Å². The second-order valence-corrected chi connectivity index (χ2v) is 5.31. The highest BCUT2D eigenvalue weighted by molar-refractivity contribution is 8.00. The predicted octanol–water partition coefficient (Wildman–Crippen LogP) is 3.17. The van der Waals surface area contributed by atoms with Crippen LogP contribution in [0.4, 0.5) is 0 Å². The van der Waals surface area contributed by atoms with E-state index in [4.69, 9.17) is 0 Å². The summed E-state index contributed by atoms with van der Waals surface area (Å²) in [5.41, 5.74) is 0.723. The molecule has 15 heavy (non-hydrogen) atoms. The van der Waals surface area contributed by atoms with Gasteiger partial charge in [0.05, 0.1) is 7.11 Å². The Morgan fingerprint density at radius 1 is 1.40 bits per heavy atom. The minimum absolute atomic E-state index is 0.209. The fourth-order valence-corrected chi connectivity index (χ4v) is 3.07. The molecule has 1 aliphatic carbocycles. The van der Waals surface area contributed by atoms with E-state index in [1.165, 1.54) is 39.2 Å². The minimum Gasteiger partial charge on any atom is -0.466 e. The standard InChI is InChI=1S/C12H20O2S/c1-10(12(13)14-2)8-9-15-11-6-4-3-5-7-11/h8,11H,3-7,9H2,1-2H3. The van der Waals surface area contributed by atoms with Crippen molar-refractivity contribution in [2.24, 2.45) is 0 Å². The predicted molar refractivity (Wildman–Crippen MR) is 65.1 cm³/mol. The SMILES string of the molecule is COC(=O)C(C)=CCSC1CCCCC1. The monoisotopic (exact) mass is 228 g/mol. The summed E-state index contributed by atoms with van der Waals surface area (Å²) < 4.78 is 4.64. The number of carbonyl (C=O) groups is 1. The zero-order valence-corrected chi connectivity index (χ0v) is 10.4. The summed E-state index contributed by atoms with van der Waals surface area (Å²) in [6.07, 6.45) is 8.81. The van der Waals surface area contributed by atoms with Crippen LogP contribution in [0.1, 0.15) is 39.0 Å². The summed E-state index contributed by atoms with van der Waals surface area (Å²) in [5.74, 6) is 0.727. The molecule has 86 valence electrons. The van der Waals surface area contributed by atoms with Crippen LogP contribution < -0.4 is 0 Å². The molecule has 1 aliphatic rings. The van der Waals surface area contributed by atoms with E-state index in [0.717, 1.165) is 16.6 Å². The van der Waals surface area contributed by atoms with Gasteiger partial charge in [0.25, 0.3) is 0 Å². The highest BCUT2D eigenvalue weighted by Crippen LogP contribution is 2.28. The van der Waals surface area contributed by atoms with E-state index in [0.29, 0.717) is 0 Å². The summed E-state index contributed by atoms with van der Waals surface area (Å²) in [7, 11) is 1.42. The third-order valence-electron chi connectivity index (χ3n) is 2.78. The lowest BCUT2D eigenvalue weighted by Gasteiger charge is -2.20. The molecule has 1 saturated carbocycles. The third-order valence-corrected chi connectivity index (χ3v) is 4.08. The number of hydrogen-bond donors (Lipinski definition) is 0. The first-order valence-electron chi connectivity index (χ1n) is 5.60. The van der Waals surface area contributed by atoms with E-state index < -0.39 is 0 Å². The van der Waals surface area contributed by atoms with E-state index in [1.54, 1.807) is 0 Å². The van der Waals surface area contributed by atoms with Crippen molar-refractivity contribution in [3.05, 3.63) is 11.6 Å². The molecular weight excluding hydrogens is 208 g/mol. The Morgan fingerprint density at radius 3 is 2.67 bits per heavy atom. The first kappa shape index (κ1) is 12.6. The molecule has 0 heterocycles. The molecule has 0 aromatic heterocycles. The fraction of sp³-hybridized carbons (Fsp3) is 0.750. The Morgan fingerprint density at radius 2 is 2.07 bits per heavy atom. The normalized spacial score (nSPS) is 18.9. The van der Waals surface area contributed by atoms with Gasteiger partial charge in [-0.05, 0) is 19.8 Å². The van der Waals surface area contributed by atoms with E-state index in [9.17, 15) is 4.79 Å². The van der Waals surface area contributed by atoms with Crippen LogP contribution in [0.5, 0.6) is 0 Å². The number of thioether (sulfide) groups is 1. The zero-order valence-electron chi connectivity index (χ0n) is 9.62. The first-order chi connectivity index (χ1) is 7.24. The lowest BCUT2D eigenvalue weighted by molar-refractivity contribution is -0.136. The molecule has 0 N–H and O–H groups in total. The maximum atomic E-state index is 11.1. The van der Waals surface area contributed by atoms with Gasteiger partial charge in [-0.15, -0.1) is 0 Å². The van der Waals surface area contributed by atoms with Gasteiger partial charge in [0, 0.05) is 16.6 Å². The number of ether oxygens (including phenoxy) is 1. The smallest absolute Gasteiger partial charge is 0.333 e. The van der Waals surface area contributed by atoms with Gasteiger partial charge in [0.1, 0.15) is 0 Å². The highest BCUT2D eigenvalue weighted by atomic mass is 32.2. The van der Waals surface area contributed by atoms with Gasteiger partial charge in [-0.25, -0.2) is 4.79 Å². The number of methoxy groups -OCH3 is 1. The Bertz CT molecular complexity index is 230. The molecule has 3 heteroatoms. The second kappa shape index (κ2) is 6.94. The third kappa shape index (κ3) is 4.74. The molecule has 0 aromatic rings. The van der Waals surface area contributed by atoms with Gasteiger partial charge >= 0.3 is 5.97 Å². The Hall–Kier alpha value is -0.440. The van der Waals surface area contributed by atoms with Gasteiger partial charge in [0.15, 0.2) is 0 Å². The number of rotatable bonds is 4. The van der Waals surface area contributed by atoms with Gasteiger partial charge in [-0.1, -0.05) is 25.3 Å². The quantitative estimate of drug-likeness (QED) is 0.546. The molecule has 0 radical (unpaired) electrons. The molecule has 0 atom stereocenters. The highest BCUT2D eigenvalue weighted by Gasteiger charge is 2.12. The van der Waals surface area contributed by atoms with Crippen LogP contribution in [0, 0.1) is 0 Å². The molecule has 0 unspecified atom stereocenters. The van der Waals surface area contributed by atoms with Crippen molar-refractivity contribution < 1.29 is 9.53 Å². The van der Waals surface area contributed by atoms with Crippen LogP contribution >= 0.6 is 11.8 Å². The molecule has 0 bridgehead atoms. The molecule has 0 saturated heterocycles. The van der Waals surface area contributed by atoms with Crippen molar-refractivity contribution in [3.8, 4) is 0 Å². The molecule has 1 fully saturated rings. The van der Waals surface area contributed by atoms with Gasteiger partial charge in [-0.2, -0.15) is 11.8 Å². The van der Waals surface area contributed by atoms with E-state index in [-0.39, 0.29) is 5.97 Å². The summed E-state index contributed by atoms with van der Waals surface area (Å²) in [4.78, 5) is 11.1. The van der Waals surface area contributed by atoms with Crippen LogP contribution in [0.25, 0.3) is 0 Å². The van der Waals surface area contributed by atoms with Crippen LogP contribution in [-0.2, 0) is 9.53 Å². The van der Waals surface area contributed by atoms with E-state index in [2.05, 4.69) is 4.74 Å². The largest absolute Gasteiger partial charge is 0.466 e. The fourth-order valence-electron chi connectivity index (χ4n) is 1.79. The van der Waals surface area contributed by atoms with Gasteiger partial charge in [-0.3, -0.25) is 0 Å². The molecule has 2 nitrogen and oxygen atoms in total. The number of hydrogen-bond acceptors (Lipinski definition) is 3.